The molecule has 10 heteroatoms. The second-order valence-corrected chi connectivity index (χ2v) is 11.5. The molecule has 0 saturated heterocycles. The largest absolute Gasteiger partial charge is 0.506 e. The van der Waals surface area contributed by atoms with Crippen LogP contribution in [0, 0.1) is 20.8 Å². The number of hydrogen-bond acceptors (Lipinski definition) is 5. The number of anilines is 1. The molecule has 0 heterocycles. The topological polar surface area (TPSA) is 113 Å². The smallest absolute Gasteiger partial charge is 0.283 e. The molecule has 33 heavy (non-hydrogen) atoms. The van der Waals surface area contributed by atoms with Crippen LogP contribution >= 0.6 is 11.6 Å². The lowest BCUT2D eigenvalue weighted by molar-refractivity contribution is 0.454. The molecule has 0 aliphatic carbocycles. The van der Waals surface area contributed by atoms with E-state index in [0.717, 1.165) is 5.56 Å². The number of hydrogen-bond donors (Lipinski definition) is 2. The van der Waals surface area contributed by atoms with Crippen LogP contribution in [0.25, 0.3) is 0 Å². The van der Waals surface area contributed by atoms with Crippen molar-refractivity contribution in [2.75, 3.05) is 5.32 Å². The first-order valence-electron chi connectivity index (χ1n) is 9.82. The molecule has 0 radical (unpaired) electrons. The number of aromatic hydroxyl groups is 1. The normalized spacial score (nSPS) is 12.6. The van der Waals surface area contributed by atoms with Crippen molar-refractivity contribution in [3.8, 4) is 5.75 Å². The summed E-state index contributed by atoms with van der Waals surface area (Å²) in [7, 11) is -8.04. The highest BCUT2D eigenvalue weighted by Gasteiger charge is 2.25. The summed E-state index contributed by atoms with van der Waals surface area (Å²) in [6, 6.07) is 13.1. The van der Waals surface area contributed by atoms with Crippen LogP contribution in [0.3, 0.4) is 0 Å². The van der Waals surface area contributed by atoms with Crippen molar-refractivity contribution >= 4 is 43.0 Å². The average Bonchev–Trinajstić information content (AvgIpc) is 2.74. The predicted octanol–water partition coefficient (Wildman–Crippen LogP) is 5.02. The van der Waals surface area contributed by atoms with Gasteiger partial charge in [-0.1, -0.05) is 29.3 Å². The van der Waals surface area contributed by atoms with Gasteiger partial charge in [0.2, 0.25) is 9.84 Å². The number of amidine groups is 1. The molecule has 0 fully saturated rings. The Morgan fingerprint density at radius 3 is 2.00 bits per heavy atom. The molecule has 0 amide bonds. The Hall–Kier alpha value is -2.88. The lowest BCUT2D eigenvalue weighted by atomic mass is 10.1. The first kappa shape index (κ1) is 24.8. The monoisotopic (exact) mass is 506 g/mol. The van der Waals surface area contributed by atoms with Gasteiger partial charge >= 0.3 is 0 Å². The lowest BCUT2D eigenvalue weighted by Crippen LogP contribution is -2.13. The minimum absolute atomic E-state index is 0.0248. The van der Waals surface area contributed by atoms with Gasteiger partial charge in [0.05, 0.1) is 9.79 Å². The molecule has 0 aliphatic rings. The van der Waals surface area contributed by atoms with Gasteiger partial charge < -0.3 is 10.4 Å². The van der Waals surface area contributed by atoms with Crippen LogP contribution in [-0.4, -0.2) is 27.8 Å². The maximum Gasteiger partial charge on any atom is 0.283 e. The van der Waals surface area contributed by atoms with Crippen molar-refractivity contribution in [2.24, 2.45) is 4.40 Å². The molecule has 7 nitrogen and oxygen atoms in total. The summed E-state index contributed by atoms with van der Waals surface area (Å²) in [5.41, 5.74) is 2.10. The second kappa shape index (κ2) is 9.17. The fourth-order valence-corrected chi connectivity index (χ4v) is 5.65. The summed E-state index contributed by atoms with van der Waals surface area (Å²) in [5.74, 6) is -0.334. The summed E-state index contributed by atoms with van der Waals surface area (Å²) in [4.78, 5) is -0.284. The van der Waals surface area contributed by atoms with Crippen LogP contribution in [0.4, 0.5) is 5.69 Å². The van der Waals surface area contributed by atoms with Gasteiger partial charge in [-0.15, -0.1) is 4.40 Å². The highest BCUT2D eigenvalue weighted by atomic mass is 35.5. The SMILES string of the molecule is CC(=NS(=O)(=O)c1ccc(Cl)cc1)Nc1cc(S(=O)(=O)c2ccc(C)cc2)c(O)c(C)c1C. The summed E-state index contributed by atoms with van der Waals surface area (Å²) in [6.07, 6.45) is 0. The van der Waals surface area contributed by atoms with E-state index in [1.165, 1.54) is 49.4 Å². The van der Waals surface area contributed by atoms with Gasteiger partial charge in [0.15, 0.2) is 0 Å². The molecule has 0 atom stereocenters. The Morgan fingerprint density at radius 1 is 0.879 bits per heavy atom. The second-order valence-electron chi connectivity index (χ2n) is 7.57. The maximum absolute atomic E-state index is 13.2. The lowest BCUT2D eigenvalue weighted by Gasteiger charge is -2.16. The number of phenolic OH excluding ortho intramolecular Hbond substituents is 1. The Labute approximate surface area is 198 Å². The van der Waals surface area contributed by atoms with Gasteiger partial charge in [-0.25, -0.2) is 8.42 Å². The van der Waals surface area contributed by atoms with Crippen LogP contribution in [0.2, 0.25) is 5.02 Å². The van der Waals surface area contributed by atoms with Gasteiger partial charge in [0, 0.05) is 10.7 Å². The molecule has 3 aromatic rings. The number of nitrogens with zero attached hydrogens (tertiary/aromatic N) is 1. The number of sulfone groups is 1. The van der Waals surface area contributed by atoms with Gasteiger partial charge in [0.25, 0.3) is 10.0 Å². The minimum Gasteiger partial charge on any atom is -0.506 e. The highest BCUT2D eigenvalue weighted by Crippen LogP contribution is 2.37. The third-order valence-electron chi connectivity index (χ3n) is 5.14. The Bertz CT molecular complexity index is 1450. The fourth-order valence-electron chi connectivity index (χ4n) is 3.11. The van der Waals surface area contributed by atoms with E-state index in [0.29, 0.717) is 21.8 Å². The molecule has 0 aromatic heterocycles. The molecule has 0 aliphatic heterocycles. The summed E-state index contributed by atoms with van der Waals surface area (Å²) in [6.45, 7) is 6.55. The molecule has 0 unspecified atom stereocenters. The van der Waals surface area contributed by atoms with Gasteiger partial charge in [-0.05, 0) is 81.3 Å². The predicted molar refractivity (Wildman–Crippen MR) is 130 cm³/mol. The zero-order valence-corrected chi connectivity index (χ0v) is 20.8. The van der Waals surface area contributed by atoms with E-state index in [-0.39, 0.29) is 26.3 Å². The first-order valence-corrected chi connectivity index (χ1v) is 13.1. The third kappa shape index (κ3) is 5.21. The Morgan fingerprint density at radius 2 is 1.42 bits per heavy atom. The molecule has 2 N–H and O–H groups in total. The number of aryl methyl sites for hydroxylation is 1. The number of sulfonamides is 1. The molecule has 0 saturated carbocycles. The van der Waals surface area contributed by atoms with Crippen LogP contribution in [0.5, 0.6) is 5.75 Å². The number of halogens is 1. The minimum atomic E-state index is -4.03. The van der Waals surface area contributed by atoms with Crippen molar-refractivity contribution in [3.05, 3.63) is 76.3 Å². The summed E-state index contributed by atoms with van der Waals surface area (Å²) in [5, 5.41) is 13.9. The summed E-state index contributed by atoms with van der Waals surface area (Å²) < 4.78 is 55.3. The van der Waals surface area contributed by atoms with Gasteiger partial charge in [-0.2, -0.15) is 8.42 Å². The molecular weight excluding hydrogens is 484 g/mol. The summed E-state index contributed by atoms with van der Waals surface area (Å²) >= 11 is 5.81. The van der Waals surface area contributed by atoms with E-state index in [9.17, 15) is 21.9 Å². The molecular formula is C23H23ClN2O5S2. The van der Waals surface area contributed by atoms with E-state index in [1.807, 2.05) is 6.92 Å². The number of rotatable bonds is 5. The van der Waals surface area contributed by atoms with E-state index >= 15 is 0 Å². The van der Waals surface area contributed by atoms with Crippen LogP contribution in [0.1, 0.15) is 23.6 Å². The highest BCUT2D eigenvalue weighted by molar-refractivity contribution is 7.91. The van der Waals surface area contributed by atoms with Crippen molar-refractivity contribution < 1.29 is 21.9 Å². The third-order valence-corrected chi connectivity index (χ3v) is 8.55. The number of nitrogens with one attached hydrogen (secondary N) is 1. The molecule has 0 spiro atoms. The zero-order valence-electron chi connectivity index (χ0n) is 18.4. The molecule has 3 rings (SSSR count). The standard InChI is InChI=1S/C23H23ClN2O5S2/c1-14-5-9-19(10-6-14)32(28,29)22-13-21(15(2)16(3)23(22)27)25-17(4)26-33(30,31)20-11-7-18(24)8-12-20/h5-13,27H,1-4H3,(H,25,26). The fraction of sp³-hybridized carbons (Fsp3) is 0.174. The van der Waals surface area contributed by atoms with Gasteiger partial charge in [0.1, 0.15) is 16.5 Å². The van der Waals surface area contributed by atoms with Crippen LogP contribution in [0.15, 0.2) is 73.7 Å². The van der Waals surface area contributed by atoms with E-state index in [2.05, 4.69) is 9.71 Å². The van der Waals surface area contributed by atoms with Gasteiger partial charge in [-0.3, -0.25) is 0 Å². The van der Waals surface area contributed by atoms with Crippen molar-refractivity contribution in [3.63, 3.8) is 0 Å². The molecule has 174 valence electrons. The van der Waals surface area contributed by atoms with Crippen molar-refractivity contribution in [1.29, 1.82) is 0 Å². The Kier molecular flexibility index (Phi) is 6.88. The van der Waals surface area contributed by atoms with Crippen molar-refractivity contribution in [2.45, 2.75) is 42.4 Å². The zero-order chi connectivity index (χ0) is 24.6. The van der Waals surface area contributed by atoms with E-state index in [4.69, 9.17) is 11.6 Å². The number of benzene rings is 3. The van der Waals surface area contributed by atoms with Crippen LogP contribution < -0.4 is 5.32 Å². The first-order chi connectivity index (χ1) is 15.3. The van der Waals surface area contributed by atoms with E-state index < -0.39 is 19.9 Å². The number of phenols is 1. The maximum atomic E-state index is 13.2. The van der Waals surface area contributed by atoms with E-state index in [1.54, 1.807) is 26.0 Å². The molecule has 3 aromatic carbocycles. The average molecular weight is 507 g/mol. The Balaban J connectivity index is 2.04. The van der Waals surface area contributed by atoms with Crippen LogP contribution in [-0.2, 0) is 19.9 Å². The van der Waals surface area contributed by atoms with Crippen molar-refractivity contribution in [1.82, 2.24) is 0 Å². The molecule has 0 bridgehead atoms. The quantitative estimate of drug-likeness (QED) is 0.285.